The van der Waals surface area contributed by atoms with Crippen molar-refractivity contribution < 1.29 is 9.13 Å². The van der Waals surface area contributed by atoms with Gasteiger partial charge in [-0.2, -0.15) is 5.10 Å². The summed E-state index contributed by atoms with van der Waals surface area (Å²) in [6.07, 6.45) is 8.28. The molecule has 4 heterocycles. The fraction of sp³-hybridized carbons (Fsp3) is 0.238. The number of rotatable bonds is 4. The van der Waals surface area contributed by atoms with E-state index in [9.17, 15) is 4.39 Å². The lowest BCUT2D eigenvalue weighted by Gasteiger charge is -2.23. The van der Waals surface area contributed by atoms with Crippen LogP contribution in [0.15, 0.2) is 49.1 Å². The van der Waals surface area contributed by atoms with Gasteiger partial charge in [-0.05, 0) is 43.1 Å². The SMILES string of the molecule is Fc1cncc(-c2ccc3[nH]nc(-c4cncc(O[C@@H]5CCCNC5)n4)c3c2)c1. The molecule has 0 saturated carbocycles. The highest BCUT2D eigenvalue weighted by Gasteiger charge is 2.17. The number of hydrogen-bond acceptors (Lipinski definition) is 6. The second-order valence-electron chi connectivity index (χ2n) is 7.05. The van der Waals surface area contributed by atoms with E-state index in [0.29, 0.717) is 22.8 Å². The van der Waals surface area contributed by atoms with Gasteiger partial charge < -0.3 is 10.1 Å². The number of halogens is 1. The number of hydrogen-bond donors (Lipinski definition) is 2. The summed E-state index contributed by atoms with van der Waals surface area (Å²) in [5.41, 5.74) is 3.70. The van der Waals surface area contributed by atoms with Crippen LogP contribution in [0.1, 0.15) is 12.8 Å². The summed E-state index contributed by atoms with van der Waals surface area (Å²) in [6.45, 7) is 1.83. The molecule has 1 aromatic carbocycles. The largest absolute Gasteiger partial charge is 0.472 e. The van der Waals surface area contributed by atoms with Crippen molar-refractivity contribution in [1.29, 1.82) is 0 Å². The minimum Gasteiger partial charge on any atom is -0.472 e. The van der Waals surface area contributed by atoms with Gasteiger partial charge in [0.15, 0.2) is 0 Å². The molecular weight excluding hydrogens is 371 g/mol. The molecule has 4 aromatic rings. The number of nitrogens with zero attached hydrogens (tertiary/aromatic N) is 4. The van der Waals surface area contributed by atoms with Gasteiger partial charge in [0.1, 0.15) is 23.3 Å². The number of H-pyrrole nitrogens is 1. The summed E-state index contributed by atoms with van der Waals surface area (Å²) in [5.74, 6) is 0.112. The molecule has 1 fully saturated rings. The Kier molecular flexibility index (Phi) is 4.61. The predicted molar refractivity (Wildman–Crippen MR) is 107 cm³/mol. The number of piperidine rings is 1. The van der Waals surface area contributed by atoms with Gasteiger partial charge in [0.2, 0.25) is 5.88 Å². The van der Waals surface area contributed by atoms with E-state index in [1.165, 1.54) is 12.3 Å². The van der Waals surface area contributed by atoms with Gasteiger partial charge in [0, 0.05) is 23.7 Å². The number of pyridine rings is 1. The summed E-state index contributed by atoms with van der Waals surface area (Å²) in [6, 6.07) is 7.22. The molecule has 1 aliphatic heterocycles. The Hall–Kier alpha value is -3.39. The first kappa shape index (κ1) is 17.7. The highest BCUT2D eigenvalue weighted by atomic mass is 19.1. The topological polar surface area (TPSA) is 88.6 Å². The van der Waals surface area contributed by atoms with Crippen molar-refractivity contribution in [1.82, 2.24) is 30.5 Å². The van der Waals surface area contributed by atoms with Crippen molar-refractivity contribution in [3.05, 3.63) is 54.9 Å². The highest BCUT2D eigenvalue weighted by molar-refractivity contribution is 5.94. The van der Waals surface area contributed by atoms with Gasteiger partial charge in [-0.1, -0.05) is 6.07 Å². The predicted octanol–water partition coefficient (Wildman–Crippen LogP) is 3.35. The molecule has 29 heavy (non-hydrogen) atoms. The molecule has 3 aromatic heterocycles. The Balaban J connectivity index is 1.50. The third-order valence-corrected chi connectivity index (χ3v) is 5.00. The molecule has 146 valence electrons. The molecule has 0 amide bonds. The fourth-order valence-corrected chi connectivity index (χ4v) is 3.57. The minimum atomic E-state index is -0.372. The van der Waals surface area contributed by atoms with Gasteiger partial charge in [-0.3, -0.25) is 15.1 Å². The van der Waals surface area contributed by atoms with Crippen molar-refractivity contribution in [2.24, 2.45) is 0 Å². The molecule has 0 radical (unpaired) electrons. The third-order valence-electron chi connectivity index (χ3n) is 5.00. The highest BCUT2D eigenvalue weighted by Crippen LogP contribution is 2.30. The van der Waals surface area contributed by atoms with Crippen LogP contribution in [-0.4, -0.2) is 44.3 Å². The maximum atomic E-state index is 13.6. The van der Waals surface area contributed by atoms with Gasteiger partial charge in [0.25, 0.3) is 0 Å². The van der Waals surface area contributed by atoms with Crippen LogP contribution in [0, 0.1) is 5.82 Å². The Morgan fingerprint density at radius 2 is 1.97 bits per heavy atom. The lowest BCUT2D eigenvalue weighted by molar-refractivity contribution is 0.160. The van der Waals surface area contributed by atoms with Crippen LogP contribution in [-0.2, 0) is 0 Å². The van der Waals surface area contributed by atoms with Gasteiger partial charge >= 0.3 is 0 Å². The van der Waals surface area contributed by atoms with Crippen molar-refractivity contribution in [2.75, 3.05) is 13.1 Å². The second kappa shape index (κ2) is 7.56. The van der Waals surface area contributed by atoms with Crippen LogP contribution < -0.4 is 10.1 Å². The van der Waals surface area contributed by atoms with E-state index in [-0.39, 0.29) is 11.9 Å². The maximum absolute atomic E-state index is 13.6. The van der Waals surface area contributed by atoms with Crippen LogP contribution in [0.4, 0.5) is 4.39 Å². The zero-order valence-electron chi connectivity index (χ0n) is 15.6. The van der Waals surface area contributed by atoms with E-state index in [4.69, 9.17) is 4.74 Å². The van der Waals surface area contributed by atoms with Crippen LogP contribution in [0.25, 0.3) is 33.4 Å². The van der Waals surface area contributed by atoms with E-state index < -0.39 is 0 Å². The number of benzene rings is 1. The molecule has 1 saturated heterocycles. The number of ether oxygens (including phenoxy) is 1. The number of aromatic amines is 1. The standard InChI is InChI=1S/C21H19FN6O/c22-15-6-14(8-24-9-15)13-3-4-18-17(7-13)21(28-27-18)19-11-25-12-20(26-19)29-16-2-1-5-23-10-16/h3-4,6-9,11-12,16,23H,1-2,5,10H2,(H,27,28)/t16-/m1/s1. The molecular formula is C21H19FN6O. The fourth-order valence-electron chi connectivity index (χ4n) is 3.57. The Morgan fingerprint density at radius 3 is 2.83 bits per heavy atom. The average molecular weight is 390 g/mol. The first-order chi connectivity index (χ1) is 14.3. The van der Waals surface area contributed by atoms with Crippen LogP contribution >= 0.6 is 0 Å². The molecule has 8 heteroatoms. The van der Waals surface area contributed by atoms with E-state index in [0.717, 1.165) is 42.4 Å². The molecule has 1 aliphatic rings. The Labute approximate surface area is 166 Å². The van der Waals surface area contributed by atoms with Crippen LogP contribution in [0.2, 0.25) is 0 Å². The Bertz CT molecular complexity index is 1150. The van der Waals surface area contributed by atoms with E-state index in [2.05, 4.69) is 30.5 Å². The van der Waals surface area contributed by atoms with Crippen molar-refractivity contribution in [3.8, 4) is 28.4 Å². The molecule has 7 nitrogen and oxygen atoms in total. The summed E-state index contributed by atoms with van der Waals surface area (Å²) >= 11 is 0. The average Bonchev–Trinajstić information content (AvgIpc) is 3.18. The first-order valence-corrected chi connectivity index (χ1v) is 9.55. The summed E-state index contributed by atoms with van der Waals surface area (Å²) < 4.78 is 19.6. The van der Waals surface area contributed by atoms with Gasteiger partial charge in [-0.25, -0.2) is 9.37 Å². The molecule has 2 N–H and O–H groups in total. The molecule has 0 aliphatic carbocycles. The lowest BCUT2D eigenvalue weighted by Crippen LogP contribution is -2.37. The lowest BCUT2D eigenvalue weighted by atomic mass is 10.0. The zero-order chi connectivity index (χ0) is 19.6. The smallest absolute Gasteiger partial charge is 0.233 e. The quantitative estimate of drug-likeness (QED) is 0.556. The summed E-state index contributed by atoms with van der Waals surface area (Å²) in [4.78, 5) is 12.8. The molecule has 0 spiro atoms. The van der Waals surface area contributed by atoms with Crippen molar-refractivity contribution >= 4 is 10.9 Å². The molecule has 5 rings (SSSR count). The number of nitrogens with one attached hydrogen (secondary N) is 2. The molecule has 1 atom stereocenters. The summed E-state index contributed by atoms with van der Waals surface area (Å²) in [7, 11) is 0. The van der Waals surface area contributed by atoms with Crippen molar-refractivity contribution in [3.63, 3.8) is 0 Å². The monoisotopic (exact) mass is 390 g/mol. The number of fused-ring (bicyclic) bond motifs is 1. The Morgan fingerprint density at radius 1 is 1.03 bits per heavy atom. The normalized spacial score (nSPS) is 16.8. The van der Waals surface area contributed by atoms with E-state index in [1.807, 2.05) is 18.2 Å². The third kappa shape index (κ3) is 3.66. The second-order valence-corrected chi connectivity index (χ2v) is 7.05. The maximum Gasteiger partial charge on any atom is 0.233 e. The van der Waals surface area contributed by atoms with Crippen LogP contribution in [0.5, 0.6) is 5.88 Å². The first-order valence-electron chi connectivity index (χ1n) is 9.55. The summed E-state index contributed by atoms with van der Waals surface area (Å²) in [5, 5.41) is 11.6. The number of aromatic nitrogens is 5. The molecule has 0 unspecified atom stereocenters. The minimum absolute atomic E-state index is 0.0938. The van der Waals surface area contributed by atoms with Gasteiger partial charge in [0.05, 0.1) is 24.1 Å². The molecule has 0 bridgehead atoms. The van der Waals surface area contributed by atoms with E-state index >= 15 is 0 Å². The van der Waals surface area contributed by atoms with Crippen LogP contribution in [0.3, 0.4) is 0 Å². The zero-order valence-corrected chi connectivity index (χ0v) is 15.6. The van der Waals surface area contributed by atoms with E-state index in [1.54, 1.807) is 18.6 Å². The van der Waals surface area contributed by atoms with Crippen molar-refractivity contribution in [2.45, 2.75) is 18.9 Å². The van der Waals surface area contributed by atoms with Gasteiger partial charge in [-0.15, -0.1) is 0 Å².